The predicted octanol–water partition coefficient (Wildman–Crippen LogP) is 3.95. The first kappa shape index (κ1) is 23.2. The molecule has 2 aromatic carbocycles. The minimum absolute atomic E-state index is 0.236. The van der Waals surface area contributed by atoms with Crippen LogP contribution in [-0.4, -0.2) is 45.9 Å². The van der Waals surface area contributed by atoms with Gasteiger partial charge >= 0.3 is 5.97 Å². The van der Waals surface area contributed by atoms with Crippen LogP contribution in [0.1, 0.15) is 24.2 Å². The van der Waals surface area contributed by atoms with Crippen LogP contribution in [0, 0.1) is 0 Å². The van der Waals surface area contributed by atoms with Gasteiger partial charge in [-0.2, -0.15) is 0 Å². The highest BCUT2D eigenvalue weighted by Crippen LogP contribution is 2.35. The molecule has 0 spiro atoms. The lowest BCUT2D eigenvalue weighted by Gasteiger charge is -2.14. The summed E-state index contributed by atoms with van der Waals surface area (Å²) in [6.45, 7) is 4.05. The van der Waals surface area contributed by atoms with E-state index in [2.05, 4.69) is 5.32 Å². The minimum Gasteiger partial charge on any atom is -0.495 e. The zero-order valence-corrected chi connectivity index (χ0v) is 18.0. The van der Waals surface area contributed by atoms with Gasteiger partial charge in [0.1, 0.15) is 11.5 Å². The quantitative estimate of drug-likeness (QED) is 0.562. The van der Waals surface area contributed by atoms with Gasteiger partial charge in [0.05, 0.1) is 43.7 Å². The maximum absolute atomic E-state index is 12.3. The number of rotatable bonds is 10. The van der Waals surface area contributed by atoms with E-state index in [-0.39, 0.29) is 5.56 Å². The Morgan fingerprint density at radius 3 is 2.20 bits per heavy atom. The molecule has 0 atom stereocenters. The molecule has 0 bridgehead atoms. The highest BCUT2D eigenvalue weighted by Gasteiger charge is 2.16. The van der Waals surface area contributed by atoms with Crippen LogP contribution in [0.15, 0.2) is 30.3 Å². The van der Waals surface area contributed by atoms with Crippen molar-refractivity contribution in [3.05, 3.63) is 40.9 Å². The molecule has 0 unspecified atom stereocenters. The summed E-state index contributed by atoms with van der Waals surface area (Å²) < 4.78 is 26.4. The Balaban J connectivity index is 2.03. The second-order valence-corrected chi connectivity index (χ2v) is 6.25. The Morgan fingerprint density at radius 1 is 0.900 bits per heavy atom. The molecule has 0 radical (unpaired) electrons. The van der Waals surface area contributed by atoms with Crippen LogP contribution in [0.2, 0.25) is 5.02 Å². The topological polar surface area (TPSA) is 92.3 Å². The number of amides is 1. The number of nitrogens with one attached hydrogen (secondary N) is 1. The van der Waals surface area contributed by atoms with Crippen molar-refractivity contribution in [3.8, 4) is 23.0 Å². The standard InChI is InChI=1S/C21H24ClNO7/c1-5-28-16-8-7-13(9-19(16)29-6-2)21(25)30-12-20(24)23-15-10-14(22)17(26-3)11-18(15)27-4/h7-11H,5-6,12H2,1-4H3,(H,23,24). The Hall–Kier alpha value is -3.13. The van der Waals surface area contributed by atoms with E-state index in [1.165, 1.54) is 26.4 Å². The zero-order valence-electron chi connectivity index (χ0n) is 17.2. The second kappa shape index (κ2) is 11.2. The molecule has 0 fully saturated rings. The Morgan fingerprint density at radius 2 is 1.57 bits per heavy atom. The molecule has 0 saturated carbocycles. The molecule has 2 aromatic rings. The Labute approximate surface area is 180 Å². The molecule has 0 heterocycles. The fourth-order valence-corrected chi connectivity index (χ4v) is 2.78. The van der Waals surface area contributed by atoms with Crippen LogP contribution in [0.5, 0.6) is 23.0 Å². The average Bonchev–Trinajstić information content (AvgIpc) is 2.73. The molecule has 0 saturated heterocycles. The van der Waals surface area contributed by atoms with Crippen molar-refractivity contribution in [2.45, 2.75) is 13.8 Å². The van der Waals surface area contributed by atoms with E-state index in [1.807, 2.05) is 13.8 Å². The van der Waals surface area contributed by atoms with E-state index in [0.717, 1.165) is 0 Å². The highest BCUT2D eigenvalue weighted by atomic mass is 35.5. The number of carbonyl (C=O) groups excluding carboxylic acids is 2. The first-order valence-corrected chi connectivity index (χ1v) is 9.59. The maximum Gasteiger partial charge on any atom is 0.338 e. The number of ether oxygens (including phenoxy) is 5. The van der Waals surface area contributed by atoms with E-state index in [1.54, 1.807) is 18.2 Å². The first-order valence-electron chi connectivity index (χ1n) is 9.21. The monoisotopic (exact) mass is 437 g/mol. The molecule has 30 heavy (non-hydrogen) atoms. The number of anilines is 1. The molecule has 0 aliphatic heterocycles. The summed E-state index contributed by atoms with van der Waals surface area (Å²) in [4.78, 5) is 24.6. The number of halogens is 1. The van der Waals surface area contributed by atoms with E-state index in [0.29, 0.717) is 46.9 Å². The van der Waals surface area contributed by atoms with Crippen molar-refractivity contribution in [2.75, 3.05) is 39.4 Å². The predicted molar refractivity (Wildman–Crippen MR) is 112 cm³/mol. The van der Waals surface area contributed by atoms with E-state index in [4.69, 9.17) is 35.3 Å². The van der Waals surface area contributed by atoms with Crippen molar-refractivity contribution >= 4 is 29.2 Å². The lowest BCUT2D eigenvalue weighted by atomic mass is 10.2. The van der Waals surface area contributed by atoms with Gasteiger partial charge in [0.25, 0.3) is 5.91 Å². The molecular formula is C21H24ClNO7. The van der Waals surface area contributed by atoms with Crippen molar-refractivity contribution in [1.82, 2.24) is 0 Å². The van der Waals surface area contributed by atoms with Crippen LogP contribution in [0.3, 0.4) is 0 Å². The number of hydrogen-bond acceptors (Lipinski definition) is 7. The fraction of sp³-hybridized carbons (Fsp3) is 0.333. The molecule has 1 amide bonds. The fourth-order valence-electron chi connectivity index (χ4n) is 2.54. The summed E-state index contributed by atoms with van der Waals surface area (Å²) in [7, 11) is 2.91. The normalized spacial score (nSPS) is 10.2. The van der Waals surface area contributed by atoms with Crippen LogP contribution in [0.4, 0.5) is 5.69 Å². The lowest BCUT2D eigenvalue weighted by Crippen LogP contribution is -2.21. The van der Waals surface area contributed by atoms with Gasteiger partial charge in [-0.05, 0) is 38.1 Å². The van der Waals surface area contributed by atoms with Gasteiger partial charge in [-0.3, -0.25) is 4.79 Å². The van der Waals surface area contributed by atoms with Crippen LogP contribution >= 0.6 is 11.6 Å². The average molecular weight is 438 g/mol. The summed E-state index contributed by atoms with van der Waals surface area (Å²) in [5, 5.41) is 2.89. The molecule has 0 aliphatic rings. The highest BCUT2D eigenvalue weighted by molar-refractivity contribution is 6.32. The van der Waals surface area contributed by atoms with Crippen LogP contribution in [-0.2, 0) is 9.53 Å². The minimum atomic E-state index is -0.672. The third kappa shape index (κ3) is 5.93. The van der Waals surface area contributed by atoms with Gasteiger partial charge < -0.3 is 29.0 Å². The molecule has 8 nitrogen and oxygen atoms in total. The van der Waals surface area contributed by atoms with Gasteiger partial charge in [0, 0.05) is 6.07 Å². The Kier molecular flexibility index (Phi) is 8.61. The molecule has 1 N–H and O–H groups in total. The van der Waals surface area contributed by atoms with Crippen molar-refractivity contribution in [2.24, 2.45) is 0 Å². The summed E-state index contributed by atoms with van der Waals surface area (Å²) in [6, 6.07) is 7.70. The maximum atomic E-state index is 12.3. The zero-order chi connectivity index (χ0) is 22.1. The van der Waals surface area contributed by atoms with E-state index < -0.39 is 18.5 Å². The number of methoxy groups -OCH3 is 2. The Bertz CT molecular complexity index is 901. The van der Waals surface area contributed by atoms with Crippen molar-refractivity contribution in [3.63, 3.8) is 0 Å². The van der Waals surface area contributed by atoms with Crippen LogP contribution < -0.4 is 24.3 Å². The van der Waals surface area contributed by atoms with Crippen LogP contribution in [0.25, 0.3) is 0 Å². The van der Waals surface area contributed by atoms with Crippen molar-refractivity contribution < 1.29 is 33.3 Å². The number of carbonyl (C=O) groups is 2. The van der Waals surface area contributed by atoms with Gasteiger partial charge in [-0.15, -0.1) is 0 Å². The van der Waals surface area contributed by atoms with E-state index >= 15 is 0 Å². The largest absolute Gasteiger partial charge is 0.495 e. The van der Waals surface area contributed by atoms with E-state index in [9.17, 15) is 9.59 Å². The molecule has 0 aromatic heterocycles. The molecule has 0 aliphatic carbocycles. The van der Waals surface area contributed by atoms with Gasteiger partial charge in [-0.1, -0.05) is 11.6 Å². The van der Waals surface area contributed by atoms with Crippen molar-refractivity contribution in [1.29, 1.82) is 0 Å². The number of benzene rings is 2. The number of esters is 1. The lowest BCUT2D eigenvalue weighted by molar-refractivity contribution is -0.119. The SMILES string of the molecule is CCOc1ccc(C(=O)OCC(=O)Nc2cc(Cl)c(OC)cc2OC)cc1OCC. The summed E-state index contributed by atoms with van der Waals surface area (Å²) >= 11 is 6.09. The third-order valence-electron chi connectivity index (χ3n) is 3.86. The molecule has 162 valence electrons. The second-order valence-electron chi connectivity index (χ2n) is 5.84. The summed E-state index contributed by atoms with van der Waals surface area (Å²) in [6.07, 6.45) is 0. The van der Waals surface area contributed by atoms with Gasteiger partial charge in [0.2, 0.25) is 0 Å². The van der Waals surface area contributed by atoms with Gasteiger partial charge in [-0.25, -0.2) is 4.79 Å². The number of hydrogen-bond donors (Lipinski definition) is 1. The van der Waals surface area contributed by atoms with Gasteiger partial charge in [0.15, 0.2) is 18.1 Å². The molecule has 9 heteroatoms. The summed E-state index contributed by atoms with van der Waals surface area (Å²) in [5.41, 5.74) is 0.559. The first-order chi connectivity index (χ1) is 14.4. The smallest absolute Gasteiger partial charge is 0.338 e. The molecular weight excluding hydrogens is 414 g/mol. The molecule has 2 rings (SSSR count). The third-order valence-corrected chi connectivity index (χ3v) is 4.16. The summed E-state index contributed by atoms with van der Waals surface area (Å²) in [5.74, 6) is 0.475.